The van der Waals surface area contributed by atoms with Crippen molar-refractivity contribution in [3.8, 4) is 11.5 Å². The molecule has 0 bridgehead atoms. The number of rotatable bonds is 9. The zero-order chi connectivity index (χ0) is 22.3. The van der Waals surface area contributed by atoms with Gasteiger partial charge in [0.15, 0.2) is 0 Å². The maximum absolute atomic E-state index is 12.1. The van der Waals surface area contributed by atoms with Crippen LogP contribution in [-0.4, -0.2) is 11.6 Å². The summed E-state index contributed by atoms with van der Waals surface area (Å²) in [5.74, 6) is 2.15. The fraction of sp³-hybridized carbons (Fsp3) is 0.519. The molecule has 3 unspecified atom stereocenters. The van der Waals surface area contributed by atoms with Crippen molar-refractivity contribution in [2.45, 2.75) is 79.2 Å². The van der Waals surface area contributed by atoms with E-state index in [0.717, 1.165) is 25.0 Å². The van der Waals surface area contributed by atoms with Crippen molar-refractivity contribution in [2.75, 3.05) is 0 Å². The minimum absolute atomic E-state index is 0.0864. The fourth-order valence-electron chi connectivity index (χ4n) is 3.31. The van der Waals surface area contributed by atoms with Crippen LogP contribution in [0.4, 0.5) is 0 Å². The van der Waals surface area contributed by atoms with Crippen molar-refractivity contribution in [2.24, 2.45) is 11.8 Å². The third-order valence-electron chi connectivity index (χ3n) is 5.56. The predicted octanol–water partition coefficient (Wildman–Crippen LogP) is 7.38. The molecule has 0 aliphatic rings. The molecule has 0 aromatic heterocycles. The molecular weight excluding hydrogens is 372 g/mol. The van der Waals surface area contributed by atoms with Gasteiger partial charge in [0.05, 0.1) is 5.92 Å². The molecule has 3 nitrogen and oxygen atoms in total. The Morgan fingerprint density at radius 1 is 0.833 bits per heavy atom. The van der Waals surface area contributed by atoms with Crippen molar-refractivity contribution in [1.29, 1.82) is 0 Å². The standard InChI is InChI=1S/C27H38O3/c1-8-19(3)18-25(22-12-16-24(17-13-22)30-27(5,6)7)21-10-14-23(15-11-21)29-26(28)20(4)9-2/h10-17,19-20,25H,8-9,18H2,1-7H3. The molecule has 30 heavy (non-hydrogen) atoms. The Balaban J connectivity index is 2.23. The molecule has 0 spiro atoms. The lowest BCUT2D eigenvalue weighted by Gasteiger charge is -2.24. The van der Waals surface area contributed by atoms with Crippen LogP contribution < -0.4 is 9.47 Å². The van der Waals surface area contributed by atoms with Gasteiger partial charge in [-0.05, 0) is 74.9 Å². The third-order valence-corrected chi connectivity index (χ3v) is 5.56. The van der Waals surface area contributed by atoms with Crippen molar-refractivity contribution in [3.63, 3.8) is 0 Å². The maximum atomic E-state index is 12.1. The number of hydrogen-bond donors (Lipinski definition) is 0. The Morgan fingerprint density at radius 3 is 1.77 bits per heavy atom. The van der Waals surface area contributed by atoms with Crippen molar-refractivity contribution < 1.29 is 14.3 Å². The number of carbonyl (C=O) groups is 1. The van der Waals surface area contributed by atoms with E-state index < -0.39 is 0 Å². The zero-order valence-electron chi connectivity index (χ0n) is 19.7. The molecule has 0 saturated heterocycles. The van der Waals surface area contributed by atoms with E-state index in [0.29, 0.717) is 17.6 Å². The van der Waals surface area contributed by atoms with Gasteiger partial charge in [-0.3, -0.25) is 4.79 Å². The molecule has 164 valence electrons. The quantitative estimate of drug-likeness (QED) is 0.319. The van der Waals surface area contributed by atoms with Crippen LogP contribution in [0.25, 0.3) is 0 Å². The molecule has 3 heteroatoms. The lowest BCUT2D eigenvalue weighted by molar-refractivity contribution is -0.138. The van der Waals surface area contributed by atoms with Gasteiger partial charge in [-0.25, -0.2) is 0 Å². The van der Waals surface area contributed by atoms with E-state index >= 15 is 0 Å². The SMILES string of the molecule is CCC(C)CC(c1ccc(OC(=O)C(C)CC)cc1)c1ccc(OC(C)(C)C)cc1. The van der Waals surface area contributed by atoms with E-state index in [9.17, 15) is 4.79 Å². The lowest BCUT2D eigenvalue weighted by atomic mass is 9.83. The van der Waals surface area contributed by atoms with Crippen molar-refractivity contribution in [3.05, 3.63) is 59.7 Å². The van der Waals surface area contributed by atoms with Gasteiger partial charge in [-0.2, -0.15) is 0 Å². The van der Waals surface area contributed by atoms with Gasteiger partial charge >= 0.3 is 5.97 Å². The Morgan fingerprint density at radius 2 is 1.33 bits per heavy atom. The Labute approximate surface area is 182 Å². The monoisotopic (exact) mass is 410 g/mol. The van der Waals surface area contributed by atoms with Crippen molar-refractivity contribution >= 4 is 5.97 Å². The molecular formula is C27H38O3. The topological polar surface area (TPSA) is 35.5 Å². The Bertz CT molecular complexity index is 784. The van der Waals surface area contributed by atoms with Crippen LogP contribution in [-0.2, 0) is 4.79 Å². The van der Waals surface area contributed by atoms with E-state index in [-0.39, 0.29) is 17.5 Å². The lowest BCUT2D eigenvalue weighted by Crippen LogP contribution is -2.22. The molecule has 0 fully saturated rings. The van der Waals surface area contributed by atoms with Gasteiger partial charge in [-0.15, -0.1) is 0 Å². The van der Waals surface area contributed by atoms with Crippen LogP contribution in [0.3, 0.4) is 0 Å². The summed E-state index contributed by atoms with van der Waals surface area (Å²) in [7, 11) is 0. The second-order valence-electron chi connectivity index (χ2n) is 9.38. The van der Waals surface area contributed by atoms with E-state index in [1.54, 1.807) is 0 Å². The highest BCUT2D eigenvalue weighted by atomic mass is 16.5. The summed E-state index contributed by atoms with van der Waals surface area (Å²) in [6.07, 6.45) is 3.00. The summed E-state index contributed by atoms with van der Waals surface area (Å²) in [6, 6.07) is 16.5. The number of benzene rings is 2. The van der Waals surface area contributed by atoms with Crippen LogP contribution in [0, 0.1) is 11.8 Å². The van der Waals surface area contributed by atoms with Gasteiger partial charge in [0.2, 0.25) is 0 Å². The average Bonchev–Trinajstić information content (AvgIpc) is 2.71. The molecule has 0 heterocycles. The van der Waals surface area contributed by atoms with Gasteiger partial charge in [0.1, 0.15) is 17.1 Å². The van der Waals surface area contributed by atoms with Gasteiger partial charge in [0, 0.05) is 5.92 Å². The number of hydrogen-bond acceptors (Lipinski definition) is 3. The van der Waals surface area contributed by atoms with Crippen LogP contribution >= 0.6 is 0 Å². The summed E-state index contributed by atoms with van der Waals surface area (Å²) >= 11 is 0. The molecule has 0 aliphatic carbocycles. The summed E-state index contributed by atoms with van der Waals surface area (Å²) in [5.41, 5.74) is 2.31. The molecule has 3 atom stereocenters. The van der Waals surface area contributed by atoms with E-state index in [2.05, 4.69) is 71.0 Å². The van der Waals surface area contributed by atoms with Crippen LogP contribution in [0.2, 0.25) is 0 Å². The molecule has 2 rings (SSSR count). The zero-order valence-corrected chi connectivity index (χ0v) is 19.7. The summed E-state index contributed by atoms with van der Waals surface area (Å²) < 4.78 is 11.5. The van der Waals surface area contributed by atoms with Gasteiger partial charge < -0.3 is 9.47 Å². The van der Waals surface area contributed by atoms with Gasteiger partial charge in [-0.1, -0.05) is 58.4 Å². The number of carbonyl (C=O) groups excluding carboxylic acids is 1. The molecule has 2 aromatic rings. The van der Waals surface area contributed by atoms with Crippen LogP contribution in [0.1, 0.15) is 84.8 Å². The third kappa shape index (κ3) is 7.19. The molecule has 0 amide bonds. The highest BCUT2D eigenvalue weighted by molar-refractivity contribution is 5.74. The number of ether oxygens (including phenoxy) is 2. The first-order valence-corrected chi connectivity index (χ1v) is 11.2. The molecule has 0 aliphatic heterocycles. The fourth-order valence-corrected chi connectivity index (χ4v) is 3.31. The number of esters is 1. The molecule has 2 aromatic carbocycles. The highest BCUT2D eigenvalue weighted by Crippen LogP contribution is 2.34. The van der Waals surface area contributed by atoms with Crippen LogP contribution in [0.5, 0.6) is 11.5 Å². The van der Waals surface area contributed by atoms with Crippen molar-refractivity contribution in [1.82, 2.24) is 0 Å². The normalized spacial score (nSPS) is 14.6. The largest absolute Gasteiger partial charge is 0.488 e. The summed E-state index contributed by atoms with van der Waals surface area (Å²) in [4.78, 5) is 12.1. The first-order valence-electron chi connectivity index (χ1n) is 11.2. The maximum Gasteiger partial charge on any atom is 0.314 e. The highest BCUT2D eigenvalue weighted by Gasteiger charge is 2.19. The second kappa shape index (κ2) is 10.7. The smallest absolute Gasteiger partial charge is 0.314 e. The molecule has 0 N–H and O–H groups in total. The van der Waals surface area contributed by atoms with E-state index in [1.165, 1.54) is 11.1 Å². The Kier molecular flexibility index (Phi) is 8.52. The van der Waals surface area contributed by atoms with E-state index in [1.807, 2.05) is 26.0 Å². The average molecular weight is 411 g/mol. The first kappa shape index (κ1) is 24.0. The molecule has 0 radical (unpaired) electrons. The van der Waals surface area contributed by atoms with E-state index in [4.69, 9.17) is 9.47 Å². The Hall–Kier alpha value is -2.29. The van der Waals surface area contributed by atoms with Gasteiger partial charge in [0.25, 0.3) is 0 Å². The summed E-state index contributed by atoms with van der Waals surface area (Å²) in [6.45, 7) is 14.6. The minimum Gasteiger partial charge on any atom is -0.488 e. The predicted molar refractivity (Wildman–Crippen MR) is 124 cm³/mol. The summed E-state index contributed by atoms with van der Waals surface area (Å²) in [5, 5.41) is 0. The minimum atomic E-state index is -0.208. The second-order valence-corrected chi connectivity index (χ2v) is 9.38. The first-order chi connectivity index (χ1) is 14.1. The molecule has 0 saturated carbocycles. The van der Waals surface area contributed by atoms with Crippen LogP contribution in [0.15, 0.2) is 48.5 Å².